The van der Waals surface area contributed by atoms with Crippen LogP contribution in [0.25, 0.3) is 6.08 Å². The fourth-order valence-electron chi connectivity index (χ4n) is 2.03. The van der Waals surface area contributed by atoms with Gasteiger partial charge in [0.15, 0.2) is 6.61 Å². The molecule has 0 aromatic heterocycles. The van der Waals surface area contributed by atoms with Gasteiger partial charge in [0.2, 0.25) is 5.91 Å². The van der Waals surface area contributed by atoms with Gasteiger partial charge in [0, 0.05) is 11.8 Å². The minimum Gasteiger partial charge on any atom is -0.482 e. The van der Waals surface area contributed by atoms with Crippen LogP contribution in [0.3, 0.4) is 0 Å². The number of benzene rings is 2. The molecule has 26 heavy (non-hydrogen) atoms. The largest absolute Gasteiger partial charge is 0.482 e. The van der Waals surface area contributed by atoms with Gasteiger partial charge in [-0.05, 0) is 54.5 Å². The molecule has 2 aromatic carbocycles. The highest BCUT2D eigenvalue weighted by Gasteiger charge is 2.06. The Balaban J connectivity index is 1.98. The molecule has 1 N–H and O–H groups in total. The fourth-order valence-corrected chi connectivity index (χ4v) is 2.34. The van der Waals surface area contributed by atoms with E-state index in [2.05, 4.69) is 10.1 Å². The summed E-state index contributed by atoms with van der Waals surface area (Å²) in [5.74, 6) is -0.243. The summed E-state index contributed by atoms with van der Waals surface area (Å²) in [5.41, 5.74) is 2.20. The second-order valence-electron chi connectivity index (χ2n) is 5.34. The Morgan fingerprint density at radius 3 is 2.54 bits per heavy atom. The van der Waals surface area contributed by atoms with E-state index >= 15 is 0 Å². The summed E-state index contributed by atoms with van der Waals surface area (Å²) >= 11 is 11.8. The Morgan fingerprint density at radius 2 is 1.88 bits per heavy atom. The van der Waals surface area contributed by atoms with Gasteiger partial charge in [0.25, 0.3) is 0 Å². The summed E-state index contributed by atoms with van der Waals surface area (Å²) in [6.45, 7) is 1.65. The number of hydrogen-bond donors (Lipinski definition) is 1. The van der Waals surface area contributed by atoms with Gasteiger partial charge in [0.1, 0.15) is 5.75 Å². The number of esters is 1. The van der Waals surface area contributed by atoms with Crippen molar-refractivity contribution in [3.63, 3.8) is 0 Å². The first-order chi connectivity index (χ1) is 12.4. The summed E-state index contributed by atoms with van der Waals surface area (Å²) in [6.07, 6.45) is 3.04. The van der Waals surface area contributed by atoms with Gasteiger partial charge in [0.05, 0.1) is 17.2 Å². The van der Waals surface area contributed by atoms with E-state index in [0.717, 1.165) is 11.1 Å². The van der Waals surface area contributed by atoms with Crippen molar-refractivity contribution in [3.05, 3.63) is 63.6 Å². The second kappa shape index (κ2) is 9.27. The predicted molar refractivity (Wildman–Crippen MR) is 103 cm³/mol. The Morgan fingerprint density at radius 1 is 1.12 bits per heavy atom. The molecule has 0 aliphatic carbocycles. The highest BCUT2D eigenvalue weighted by atomic mass is 35.5. The van der Waals surface area contributed by atoms with Crippen LogP contribution in [0.5, 0.6) is 5.75 Å². The third kappa shape index (κ3) is 5.79. The molecule has 0 radical (unpaired) electrons. The molecule has 0 atom stereocenters. The van der Waals surface area contributed by atoms with Crippen molar-refractivity contribution in [3.8, 4) is 5.75 Å². The highest BCUT2D eigenvalue weighted by molar-refractivity contribution is 6.42. The number of anilines is 1. The normalized spacial score (nSPS) is 10.6. The number of aryl methyl sites for hydroxylation is 1. The lowest BCUT2D eigenvalue weighted by Gasteiger charge is -2.10. The number of nitrogens with one attached hydrogen (secondary N) is 1. The van der Waals surface area contributed by atoms with Crippen molar-refractivity contribution in [1.29, 1.82) is 0 Å². The van der Waals surface area contributed by atoms with Gasteiger partial charge in [-0.2, -0.15) is 0 Å². The van der Waals surface area contributed by atoms with Gasteiger partial charge in [-0.15, -0.1) is 0 Å². The average Bonchev–Trinajstić information content (AvgIpc) is 2.62. The summed E-state index contributed by atoms with van der Waals surface area (Å²) in [4.78, 5) is 23.2. The molecule has 0 heterocycles. The van der Waals surface area contributed by atoms with Crippen LogP contribution in [0.15, 0.2) is 42.5 Å². The smallest absolute Gasteiger partial charge is 0.343 e. The minimum absolute atomic E-state index is 0.173. The molecule has 5 nitrogen and oxygen atoms in total. The van der Waals surface area contributed by atoms with Gasteiger partial charge in [-0.3, -0.25) is 4.79 Å². The maximum absolute atomic E-state index is 12.1. The van der Waals surface area contributed by atoms with Crippen molar-refractivity contribution in [1.82, 2.24) is 0 Å². The zero-order chi connectivity index (χ0) is 19.1. The molecule has 2 aromatic rings. The molecule has 0 bridgehead atoms. The van der Waals surface area contributed by atoms with Gasteiger partial charge >= 0.3 is 5.97 Å². The van der Waals surface area contributed by atoms with Crippen molar-refractivity contribution in [2.24, 2.45) is 0 Å². The van der Waals surface area contributed by atoms with E-state index in [1.165, 1.54) is 13.2 Å². The minimum atomic E-state index is -0.465. The number of methoxy groups -OCH3 is 1. The number of amides is 1. The van der Waals surface area contributed by atoms with E-state index in [9.17, 15) is 9.59 Å². The maximum Gasteiger partial charge on any atom is 0.343 e. The highest BCUT2D eigenvalue weighted by Crippen LogP contribution is 2.24. The maximum atomic E-state index is 12.1. The first kappa shape index (κ1) is 19.8. The van der Waals surface area contributed by atoms with E-state index < -0.39 is 5.97 Å². The van der Waals surface area contributed by atoms with E-state index in [1.807, 2.05) is 6.92 Å². The van der Waals surface area contributed by atoms with Crippen LogP contribution in [0.4, 0.5) is 5.69 Å². The van der Waals surface area contributed by atoms with Crippen LogP contribution in [0, 0.1) is 6.92 Å². The number of hydrogen-bond acceptors (Lipinski definition) is 4. The molecule has 0 aliphatic rings. The molecular formula is C19H17Cl2NO4. The first-order valence-corrected chi connectivity index (χ1v) is 8.39. The Kier molecular flexibility index (Phi) is 7.06. The van der Waals surface area contributed by atoms with E-state index in [0.29, 0.717) is 21.5 Å². The van der Waals surface area contributed by atoms with Crippen molar-refractivity contribution in [2.45, 2.75) is 6.92 Å². The van der Waals surface area contributed by atoms with Crippen LogP contribution in [0.2, 0.25) is 10.0 Å². The predicted octanol–water partition coefficient (Wildman–Crippen LogP) is 4.51. The lowest BCUT2D eigenvalue weighted by molar-refractivity contribution is -0.142. The van der Waals surface area contributed by atoms with Crippen LogP contribution < -0.4 is 10.1 Å². The molecule has 0 saturated heterocycles. The van der Waals surface area contributed by atoms with E-state index in [1.54, 1.807) is 42.5 Å². The van der Waals surface area contributed by atoms with Crippen molar-refractivity contribution >= 4 is 46.8 Å². The SMILES string of the molecule is COC(=O)COc1ccc(NC(=O)/C=C/c2ccc(Cl)c(Cl)c2)c(C)c1. The lowest BCUT2D eigenvalue weighted by atomic mass is 10.2. The molecule has 7 heteroatoms. The number of ether oxygens (including phenoxy) is 2. The zero-order valence-electron chi connectivity index (χ0n) is 14.2. The molecule has 0 spiro atoms. The third-order valence-electron chi connectivity index (χ3n) is 3.41. The van der Waals surface area contributed by atoms with Gasteiger partial charge < -0.3 is 14.8 Å². The van der Waals surface area contributed by atoms with Crippen LogP contribution in [-0.4, -0.2) is 25.6 Å². The van der Waals surface area contributed by atoms with Crippen LogP contribution >= 0.6 is 23.2 Å². The summed E-state index contributed by atoms with van der Waals surface area (Å²) in [6, 6.07) is 10.2. The molecule has 2 rings (SSSR count). The van der Waals surface area contributed by atoms with Gasteiger partial charge in [-0.1, -0.05) is 29.3 Å². The topological polar surface area (TPSA) is 64.6 Å². The first-order valence-electron chi connectivity index (χ1n) is 7.63. The van der Waals surface area contributed by atoms with E-state index in [-0.39, 0.29) is 12.5 Å². The molecule has 0 aliphatic heterocycles. The number of carbonyl (C=O) groups is 2. The quantitative estimate of drug-likeness (QED) is 0.579. The van der Waals surface area contributed by atoms with Crippen LogP contribution in [0.1, 0.15) is 11.1 Å². The summed E-state index contributed by atoms with van der Waals surface area (Å²) < 4.78 is 9.81. The molecule has 136 valence electrons. The van der Waals surface area contributed by atoms with Gasteiger partial charge in [-0.25, -0.2) is 4.79 Å². The van der Waals surface area contributed by atoms with Crippen molar-refractivity contribution in [2.75, 3.05) is 19.0 Å². The lowest BCUT2D eigenvalue weighted by Crippen LogP contribution is -2.13. The van der Waals surface area contributed by atoms with E-state index in [4.69, 9.17) is 27.9 Å². The zero-order valence-corrected chi connectivity index (χ0v) is 15.7. The van der Waals surface area contributed by atoms with Crippen LogP contribution in [-0.2, 0) is 14.3 Å². The Labute approximate surface area is 161 Å². The molecular weight excluding hydrogens is 377 g/mol. The molecule has 0 saturated carbocycles. The van der Waals surface area contributed by atoms with Crippen molar-refractivity contribution < 1.29 is 19.1 Å². The Bertz CT molecular complexity index is 849. The number of rotatable bonds is 6. The number of carbonyl (C=O) groups excluding carboxylic acids is 2. The summed E-state index contributed by atoms with van der Waals surface area (Å²) in [7, 11) is 1.29. The molecule has 0 fully saturated rings. The monoisotopic (exact) mass is 393 g/mol. The standard InChI is InChI=1S/C19H17Cl2NO4/c1-12-9-14(26-11-19(24)25-2)5-7-17(12)22-18(23)8-4-13-3-6-15(20)16(21)10-13/h3-10H,11H2,1-2H3,(H,22,23)/b8-4+. The fraction of sp³-hybridized carbons (Fsp3) is 0.158. The second-order valence-corrected chi connectivity index (χ2v) is 6.15. The summed E-state index contributed by atoms with van der Waals surface area (Å²) in [5, 5.41) is 3.66. The third-order valence-corrected chi connectivity index (χ3v) is 4.15. The average molecular weight is 394 g/mol. The number of halogens is 2. The Hall–Kier alpha value is -2.50. The molecule has 1 amide bonds. The molecule has 0 unspecified atom stereocenters.